The predicted octanol–water partition coefficient (Wildman–Crippen LogP) is 4.79. The smallest absolute Gasteiger partial charge is 0.182 e. The van der Waals surface area contributed by atoms with E-state index in [0.717, 1.165) is 46.3 Å². The van der Waals surface area contributed by atoms with Gasteiger partial charge in [0.05, 0.1) is 6.54 Å². The van der Waals surface area contributed by atoms with E-state index in [1.54, 1.807) is 11.8 Å². The van der Waals surface area contributed by atoms with Crippen LogP contribution in [0.4, 0.5) is 5.69 Å². The normalized spacial score (nSPS) is 14.1. The lowest BCUT2D eigenvalue weighted by Gasteiger charge is -2.28. The first-order valence-electron chi connectivity index (χ1n) is 8.66. The summed E-state index contributed by atoms with van der Waals surface area (Å²) in [5, 5.41) is 0.959. The van der Waals surface area contributed by atoms with Crippen molar-refractivity contribution in [3.05, 3.63) is 64.7 Å². The fraction of sp³-hybridized carbons (Fsp3) is 0.333. The minimum Gasteiger partial charge on any atom is -0.313 e. The Bertz CT molecular complexity index is 796. The number of aryl methyl sites for hydroxylation is 3. The third-order valence-electron chi connectivity index (χ3n) is 4.34. The maximum Gasteiger partial charge on any atom is 0.182 e. The summed E-state index contributed by atoms with van der Waals surface area (Å²) in [6.07, 6.45) is 1.10. The van der Waals surface area contributed by atoms with E-state index >= 15 is 0 Å². The highest BCUT2D eigenvalue weighted by Crippen LogP contribution is 2.27. The molecule has 0 unspecified atom stereocenters. The van der Waals surface area contributed by atoms with E-state index in [4.69, 9.17) is 4.99 Å². The van der Waals surface area contributed by atoms with Crippen LogP contribution in [-0.2, 0) is 0 Å². The zero-order valence-electron chi connectivity index (χ0n) is 15.1. The Morgan fingerprint density at radius 1 is 1.08 bits per heavy atom. The van der Waals surface area contributed by atoms with Crippen LogP contribution < -0.4 is 4.90 Å². The molecule has 0 atom stereocenters. The van der Waals surface area contributed by atoms with E-state index in [-0.39, 0.29) is 5.78 Å². The van der Waals surface area contributed by atoms with E-state index in [2.05, 4.69) is 36.9 Å². The second kappa shape index (κ2) is 7.87. The van der Waals surface area contributed by atoms with E-state index in [1.165, 1.54) is 5.56 Å². The minimum atomic E-state index is 0.120. The van der Waals surface area contributed by atoms with Gasteiger partial charge in [0.1, 0.15) is 0 Å². The Morgan fingerprint density at radius 2 is 1.80 bits per heavy atom. The van der Waals surface area contributed by atoms with Crippen molar-refractivity contribution in [1.82, 2.24) is 0 Å². The number of Topliss-reactive ketones (excluding diaryl/α,β-unsaturated/α-hetero) is 1. The van der Waals surface area contributed by atoms with Gasteiger partial charge >= 0.3 is 0 Å². The number of nitrogens with zero attached hydrogens (tertiary/aromatic N) is 2. The van der Waals surface area contributed by atoms with Crippen LogP contribution in [0.15, 0.2) is 47.5 Å². The molecule has 0 radical (unpaired) electrons. The predicted molar refractivity (Wildman–Crippen MR) is 108 cm³/mol. The van der Waals surface area contributed by atoms with Crippen LogP contribution in [-0.4, -0.2) is 29.8 Å². The fourth-order valence-corrected chi connectivity index (χ4v) is 3.81. The van der Waals surface area contributed by atoms with Gasteiger partial charge in [0.25, 0.3) is 0 Å². The first-order chi connectivity index (χ1) is 12.0. The van der Waals surface area contributed by atoms with Crippen LogP contribution in [0.1, 0.15) is 33.5 Å². The number of anilines is 1. The average molecular weight is 353 g/mol. The number of thioether (sulfide) groups is 1. The number of carbonyl (C=O) groups is 1. The number of amidine groups is 1. The molecule has 3 rings (SSSR count). The van der Waals surface area contributed by atoms with Gasteiger partial charge in [-0.3, -0.25) is 9.79 Å². The maximum absolute atomic E-state index is 12.9. The molecule has 4 heteroatoms. The summed E-state index contributed by atoms with van der Waals surface area (Å²) in [6.45, 7) is 7.36. The highest BCUT2D eigenvalue weighted by atomic mass is 32.2. The van der Waals surface area contributed by atoms with Crippen molar-refractivity contribution in [3.8, 4) is 0 Å². The van der Waals surface area contributed by atoms with Gasteiger partial charge in [0.15, 0.2) is 11.0 Å². The SMILES string of the molecule is Cc1ccc(C(=O)CN(C2=NCCCS2)c2cc(C)ccc2C)cc1. The van der Waals surface area contributed by atoms with Crippen LogP contribution in [0.5, 0.6) is 0 Å². The average Bonchev–Trinajstić information content (AvgIpc) is 2.63. The fourth-order valence-electron chi connectivity index (χ4n) is 2.85. The molecular weight excluding hydrogens is 328 g/mol. The molecule has 3 nitrogen and oxygen atoms in total. The van der Waals surface area contributed by atoms with E-state index in [9.17, 15) is 4.79 Å². The van der Waals surface area contributed by atoms with Crippen LogP contribution >= 0.6 is 11.8 Å². The lowest BCUT2D eigenvalue weighted by molar-refractivity contribution is 0.100. The molecule has 1 heterocycles. The first-order valence-corrected chi connectivity index (χ1v) is 9.65. The molecule has 130 valence electrons. The lowest BCUT2D eigenvalue weighted by Crippen LogP contribution is -2.36. The van der Waals surface area contributed by atoms with Crippen molar-refractivity contribution in [2.45, 2.75) is 27.2 Å². The quantitative estimate of drug-likeness (QED) is 0.741. The second-order valence-corrected chi connectivity index (χ2v) is 7.59. The Morgan fingerprint density at radius 3 is 2.48 bits per heavy atom. The Hall–Kier alpha value is -2.07. The van der Waals surface area contributed by atoms with Gasteiger partial charge in [-0.2, -0.15) is 0 Å². The van der Waals surface area contributed by atoms with E-state index < -0.39 is 0 Å². The Balaban J connectivity index is 1.93. The molecule has 0 aliphatic carbocycles. The molecule has 0 bridgehead atoms. The van der Waals surface area contributed by atoms with Gasteiger partial charge in [-0.25, -0.2) is 0 Å². The summed E-state index contributed by atoms with van der Waals surface area (Å²) < 4.78 is 0. The molecule has 0 saturated carbocycles. The molecule has 2 aromatic carbocycles. The lowest BCUT2D eigenvalue weighted by atomic mass is 10.1. The molecule has 2 aromatic rings. The molecule has 0 spiro atoms. The highest BCUT2D eigenvalue weighted by molar-refractivity contribution is 8.14. The molecule has 0 saturated heterocycles. The molecule has 25 heavy (non-hydrogen) atoms. The zero-order chi connectivity index (χ0) is 17.8. The summed E-state index contributed by atoms with van der Waals surface area (Å²) in [4.78, 5) is 19.7. The third kappa shape index (κ3) is 4.31. The van der Waals surface area contributed by atoms with Crippen molar-refractivity contribution in [1.29, 1.82) is 0 Å². The number of aliphatic imine (C=N–C) groups is 1. The Kier molecular flexibility index (Phi) is 5.59. The molecule has 1 aliphatic heterocycles. The summed E-state index contributed by atoms with van der Waals surface area (Å²) >= 11 is 1.74. The number of rotatable bonds is 4. The summed E-state index contributed by atoms with van der Waals surface area (Å²) in [5.74, 6) is 1.17. The van der Waals surface area contributed by atoms with E-state index in [0.29, 0.717) is 6.54 Å². The van der Waals surface area contributed by atoms with Crippen LogP contribution in [0, 0.1) is 20.8 Å². The maximum atomic E-state index is 12.9. The Labute approximate surface area is 154 Å². The topological polar surface area (TPSA) is 32.7 Å². The second-order valence-electron chi connectivity index (χ2n) is 6.53. The van der Waals surface area contributed by atoms with Gasteiger partial charge in [-0.1, -0.05) is 53.7 Å². The standard InChI is InChI=1S/C21H24N2OS/c1-15-6-9-18(10-7-15)20(24)14-23(21-22-11-4-12-25-21)19-13-16(2)5-8-17(19)3/h5-10,13H,4,11-12,14H2,1-3H3. The number of hydrogen-bond acceptors (Lipinski definition) is 4. The summed E-state index contributed by atoms with van der Waals surface area (Å²) in [5.41, 5.74) is 5.34. The number of benzene rings is 2. The third-order valence-corrected chi connectivity index (χ3v) is 5.44. The van der Waals surface area contributed by atoms with Gasteiger partial charge in [-0.15, -0.1) is 0 Å². The largest absolute Gasteiger partial charge is 0.313 e. The van der Waals surface area contributed by atoms with Crippen molar-refractivity contribution in [3.63, 3.8) is 0 Å². The summed E-state index contributed by atoms with van der Waals surface area (Å²) in [6, 6.07) is 14.2. The van der Waals surface area contributed by atoms with Gasteiger partial charge < -0.3 is 4.90 Å². The zero-order valence-corrected chi connectivity index (χ0v) is 15.9. The minimum absolute atomic E-state index is 0.120. The number of ketones is 1. The number of hydrogen-bond donors (Lipinski definition) is 0. The van der Waals surface area contributed by atoms with Gasteiger partial charge in [0, 0.05) is 23.5 Å². The first kappa shape index (κ1) is 17.7. The summed E-state index contributed by atoms with van der Waals surface area (Å²) in [7, 11) is 0. The van der Waals surface area contributed by atoms with Gasteiger partial charge in [0.2, 0.25) is 0 Å². The molecule has 0 N–H and O–H groups in total. The van der Waals surface area contributed by atoms with Gasteiger partial charge in [-0.05, 0) is 44.4 Å². The molecular formula is C21H24N2OS. The van der Waals surface area contributed by atoms with Crippen LogP contribution in [0.2, 0.25) is 0 Å². The van der Waals surface area contributed by atoms with Crippen molar-refractivity contribution < 1.29 is 4.79 Å². The molecule has 0 amide bonds. The molecule has 0 fully saturated rings. The molecule has 0 aromatic heterocycles. The highest BCUT2D eigenvalue weighted by Gasteiger charge is 2.22. The monoisotopic (exact) mass is 352 g/mol. The van der Waals surface area contributed by atoms with Crippen molar-refractivity contribution in [2.24, 2.45) is 4.99 Å². The van der Waals surface area contributed by atoms with Crippen LogP contribution in [0.25, 0.3) is 0 Å². The molecule has 1 aliphatic rings. The van der Waals surface area contributed by atoms with Crippen molar-refractivity contribution >= 4 is 28.4 Å². The number of carbonyl (C=O) groups excluding carboxylic acids is 1. The van der Waals surface area contributed by atoms with Crippen LogP contribution in [0.3, 0.4) is 0 Å². The van der Waals surface area contributed by atoms with E-state index in [1.807, 2.05) is 31.2 Å². The van der Waals surface area contributed by atoms with Crippen molar-refractivity contribution in [2.75, 3.05) is 23.7 Å².